The molecule has 32 heavy (non-hydrogen) atoms. The van der Waals surface area contributed by atoms with Crippen LogP contribution >= 0.6 is 22.9 Å². The normalized spacial score (nSPS) is 13.6. The van der Waals surface area contributed by atoms with Crippen LogP contribution in [0.25, 0.3) is 10.1 Å². The average Bonchev–Trinajstić information content (AvgIpc) is 3.04. The van der Waals surface area contributed by atoms with E-state index in [0.717, 1.165) is 15.6 Å². The molecule has 0 radical (unpaired) electrons. The van der Waals surface area contributed by atoms with Crippen molar-refractivity contribution >= 4 is 51.0 Å². The number of rotatable bonds is 8. The second-order valence-electron chi connectivity index (χ2n) is 9.24. The maximum atomic E-state index is 13.2. The van der Waals surface area contributed by atoms with Crippen molar-refractivity contribution in [2.45, 2.75) is 65.1 Å². The number of benzene rings is 1. The first kappa shape index (κ1) is 25.9. The number of amides is 2. The number of hydrogen-bond acceptors (Lipinski definition) is 5. The zero-order valence-corrected chi connectivity index (χ0v) is 20.8. The van der Waals surface area contributed by atoms with Crippen LogP contribution in [0.4, 0.5) is 4.79 Å². The Labute approximate surface area is 197 Å². The molecular weight excluding hydrogens is 452 g/mol. The van der Waals surface area contributed by atoms with E-state index in [1.165, 1.54) is 23.3 Å². The summed E-state index contributed by atoms with van der Waals surface area (Å²) in [6, 6.07) is 3.51. The second kappa shape index (κ2) is 10.5. The second-order valence-corrected chi connectivity index (χ2v) is 10.6. The van der Waals surface area contributed by atoms with E-state index in [0.29, 0.717) is 5.02 Å². The highest BCUT2D eigenvalue weighted by molar-refractivity contribution is 7.17. The van der Waals surface area contributed by atoms with Crippen LogP contribution in [0.1, 0.15) is 46.6 Å². The number of carboxylic acids is 1. The molecule has 1 heterocycles. The minimum absolute atomic E-state index is 0.0707. The first-order chi connectivity index (χ1) is 14.8. The monoisotopic (exact) mass is 482 g/mol. The third-order valence-corrected chi connectivity index (χ3v) is 6.05. The van der Waals surface area contributed by atoms with Gasteiger partial charge in [-0.1, -0.05) is 25.4 Å². The Balaban J connectivity index is 2.37. The van der Waals surface area contributed by atoms with Crippen LogP contribution in [0, 0.1) is 5.92 Å². The van der Waals surface area contributed by atoms with Gasteiger partial charge in [-0.2, -0.15) is 0 Å². The fraction of sp³-hybridized carbons (Fsp3) is 0.522. The Morgan fingerprint density at radius 1 is 1.25 bits per heavy atom. The quantitative estimate of drug-likeness (QED) is 0.555. The number of nitrogens with one attached hydrogen (secondary N) is 1. The first-order valence-corrected chi connectivity index (χ1v) is 11.7. The van der Waals surface area contributed by atoms with Gasteiger partial charge in [0.05, 0.1) is 0 Å². The van der Waals surface area contributed by atoms with Crippen molar-refractivity contribution in [2.24, 2.45) is 5.92 Å². The summed E-state index contributed by atoms with van der Waals surface area (Å²) in [5.74, 6) is -1.59. The fourth-order valence-electron chi connectivity index (χ4n) is 3.25. The van der Waals surface area contributed by atoms with Crippen molar-refractivity contribution in [2.75, 3.05) is 7.05 Å². The van der Waals surface area contributed by atoms with Gasteiger partial charge in [0.15, 0.2) is 0 Å². The highest BCUT2D eigenvalue weighted by atomic mass is 35.5. The molecule has 0 saturated carbocycles. The lowest BCUT2D eigenvalue weighted by Crippen LogP contribution is -2.54. The number of nitrogens with zero attached hydrogens (tertiary/aromatic N) is 1. The molecule has 2 N–H and O–H groups in total. The molecular formula is C23H31ClN2O5S. The smallest absolute Gasteiger partial charge is 0.410 e. The van der Waals surface area contributed by atoms with Gasteiger partial charge in [0.1, 0.15) is 17.7 Å². The molecule has 2 atom stereocenters. The number of likely N-dealkylation sites (N-methyl/N-ethyl adjacent to an activating group) is 1. The Kier molecular flexibility index (Phi) is 8.54. The minimum Gasteiger partial charge on any atom is -0.480 e. The molecule has 0 aliphatic heterocycles. The number of carbonyl (C=O) groups excluding carboxylic acids is 2. The number of carboxylic acid groups (broad SMARTS) is 1. The molecule has 0 fully saturated rings. The van der Waals surface area contributed by atoms with E-state index in [-0.39, 0.29) is 18.8 Å². The first-order valence-electron chi connectivity index (χ1n) is 10.4. The number of aliphatic carboxylic acids is 1. The summed E-state index contributed by atoms with van der Waals surface area (Å²) < 4.78 is 6.45. The lowest BCUT2D eigenvalue weighted by atomic mass is 10.0. The van der Waals surface area contributed by atoms with Crippen LogP contribution in [-0.2, 0) is 20.7 Å². The Hall–Kier alpha value is -2.32. The van der Waals surface area contributed by atoms with Gasteiger partial charge in [-0.25, -0.2) is 9.59 Å². The summed E-state index contributed by atoms with van der Waals surface area (Å²) in [6.45, 7) is 8.99. The van der Waals surface area contributed by atoms with Crippen molar-refractivity contribution in [3.63, 3.8) is 0 Å². The lowest BCUT2D eigenvalue weighted by molar-refractivity contribution is -0.143. The van der Waals surface area contributed by atoms with E-state index >= 15 is 0 Å². The van der Waals surface area contributed by atoms with Gasteiger partial charge in [-0.3, -0.25) is 9.69 Å². The van der Waals surface area contributed by atoms with E-state index in [1.54, 1.807) is 26.8 Å². The molecule has 0 saturated heterocycles. The highest BCUT2D eigenvalue weighted by Crippen LogP contribution is 2.30. The third-order valence-electron chi connectivity index (χ3n) is 4.80. The van der Waals surface area contributed by atoms with Crippen molar-refractivity contribution < 1.29 is 24.2 Å². The molecule has 2 aromatic rings. The van der Waals surface area contributed by atoms with Crippen molar-refractivity contribution in [1.82, 2.24) is 10.2 Å². The molecule has 1 aromatic carbocycles. The predicted molar refractivity (Wildman–Crippen MR) is 127 cm³/mol. The van der Waals surface area contributed by atoms with Crippen LogP contribution in [-0.4, -0.2) is 52.7 Å². The standard InChI is InChI=1S/C23H31ClN2O5S/c1-13(2)9-17(21(28)29)25-20(27)18(26(6)22(30)31-23(3,4)5)10-14-12-32-19-8-7-15(24)11-16(14)19/h7-8,11-13,17-18H,9-10H2,1-6H3,(H,25,27)(H,28,29)/t17-,18-/m0/s1. The minimum atomic E-state index is -1.11. The molecule has 0 bridgehead atoms. The van der Waals surface area contributed by atoms with Crippen molar-refractivity contribution in [3.8, 4) is 0 Å². The van der Waals surface area contributed by atoms with Crippen LogP contribution in [0.3, 0.4) is 0 Å². The summed E-state index contributed by atoms with van der Waals surface area (Å²) >= 11 is 7.67. The summed E-state index contributed by atoms with van der Waals surface area (Å²) in [7, 11) is 1.48. The number of halogens is 1. The maximum Gasteiger partial charge on any atom is 0.410 e. The van der Waals surface area contributed by atoms with Gasteiger partial charge in [0, 0.05) is 23.2 Å². The van der Waals surface area contributed by atoms with E-state index in [9.17, 15) is 19.5 Å². The molecule has 9 heteroatoms. The number of hydrogen-bond donors (Lipinski definition) is 2. The van der Waals surface area contributed by atoms with Crippen LogP contribution in [0.5, 0.6) is 0 Å². The molecule has 2 rings (SSSR count). The van der Waals surface area contributed by atoms with Crippen molar-refractivity contribution in [3.05, 3.63) is 34.2 Å². The number of fused-ring (bicyclic) bond motifs is 1. The molecule has 7 nitrogen and oxygen atoms in total. The van der Waals surface area contributed by atoms with E-state index < -0.39 is 35.7 Å². The molecule has 0 aliphatic carbocycles. The summed E-state index contributed by atoms with van der Waals surface area (Å²) in [5, 5.41) is 15.5. The highest BCUT2D eigenvalue weighted by Gasteiger charge is 2.33. The van der Waals surface area contributed by atoms with E-state index in [2.05, 4.69) is 5.32 Å². The summed E-state index contributed by atoms with van der Waals surface area (Å²) in [6.07, 6.45) is -0.192. The van der Waals surface area contributed by atoms with Crippen LogP contribution < -0.4 is 5.32 Å². The van der Waals surface area contributed by atoms with Gasteiger partial charge < -0.3 is 15.2 Å². The van der Waals surface area contributed by atoms with Crippen LogP contribution in [0.2, 0.25) is 5.02 Å². The molecule has 0 aliphatic rings. The van der Waals surface area contributed by atoms with Gasteiger partial charge in [-0.15, -0.1) is 11.3 Å². The Morgan fingerprint density at radius 3 is 2.47 bits per heavy atom. The van der Waals surface area contributed by atoms with E-state index in [1.807, 2.05) is 31.4 Å². The molecule has 0 unspecified atom stereocenters. The molecule has 0 spiro atoms. The lowest BCUT2D eigenvalue weighted by Gasteiger charge is -2.31. The van der Waals surface area contributed by atoms with Gasteiger partial charge >= 0.3 is 12.1 Å². The topological polar surface area (TPSA) is 95.9 Å². The number of carbonyl (C=O) groups is 3. The Bertz CT molecular complexity index is 982. The Morgan fingerprint density at radius 2 is 1.91 bits per heavy atom. The van der Waals surface area contributed by atoms with Gasteiger partial charge in [-0.05, 0) is 67.6 Å². The number of thiophene rings is 1. The SMILES string of the molecule is CC(C)C[C@H](NC(=O)[C@H](Cc1csc2ccc(Cl)cc12)N(C)C(=O)OC(C)(C)C)C(=O)O. The van der Waals surface area contributed by atoms with Crippen LogP contribution in [0.15, 0.2) is 23.6 Å². The molecule has 2 amide bonds. The zero-order chi connectivity index (χ0) is 24.2. The molecule has 1 aromatic heterocycles. The summed E-state index contributed by atoms with van der Waals surface area (Å²) in [5.41, 5.74) is 0.106. The largest absolute Gasteiger partial charge is 0.480 e. The van der Waals surface area contributed by atoms with Crippen molar-refractivity contribution in [1.29, 1.82) is 0 Å². The third kappa shape index (κ3) is 7.10. The number of ether oxygens (including phenoxy) is 1. The summed E-state index contributed by atoms with van der Waals surface area (Å²) in [4.78, 5) is 38.9. The van der Waals surface area contributed by atoms with E-state index in [4.69, 9.17) is 16.3 Å². The predicted octanol–water partition coefficient (Wildman–Crippen LogP) is 4.95. The maximum absolute atomic E-state index is 13.2. The van der Waals surface area contributed by atoms with Gasteiger partial charge in [0.25, 0.3) is 0 Å². The zero-order valence-electron chi connectivity index (χ0n) is 19.3. The fourth-order valence-corrected chi connectivity index (χ4v) is 4.38. The molecule has 176 valence electrons. The average molecular weight is 483 g/mol. The van der Waals surface area contributed by atoms with Gasteiger partial charge in [0.2, 0.25) is 5.91 Å².